The fourth-order valence-corrected chi connectivity index (χ4v) is 5.35. The van der Waals surface area contributed by atoms with Crippen molar-refractivity contribution in [1.29, 1.82) is 0 Å². The van der Waals surface area contributed by atoms with E-state index in [0.717, 1.165) is 22.8 Å². The van der Waals surface area contributed by atoms with Gasteiger partial charge in [0.05, 0.1) is 7.11 Å². The van der Waals surface area contributed by atoms with Crippen LogP contribution in [-0.4, -0.2) is 38.4 Å². The number of ketones is 1. The number of carbonyl (C=O) groups excluding carboxylic acids is 1. The maximum absolute atomic E-state index is 13.3. The number of hydrogen-bond donors (Lipinski definition) is 5. The molecule has 3 atom stereocenters. The van der Waals surface area contributed by atoms with E-state index in [4.69, 9.17) is 4.74 Å². The number of Topliss-reactive ketones (excluding diaryl/α,β-unsaturated/α-hetero) is 1. The molecule has 0 radical (unpaired) electrons. The third-order valence-corrected chi connectivity index (χ3v) is 7.86. The van der Waals surface area contributed by atoms with Crippen LogP contribution in [0.3, 0.4) is 0 Å². The number of methoxy groups -OCH3 is 1. The van der Waals surface area contributed by atoms with Crippen LogP contribution in [0.4, 0.5) is 0 Å². The second-order valence-electron chi connectivity index (χ2n) is 10.6. The first kappa shape index (κ1) is 29.3. The van der Waals surface area contributed by atoms with Crippen molar-refractivity contribution in [3.63, 3.8) is 0 Å². The zero-order valence-corrected chi connectivity index (χ0v) is 23.4. The molecule has 4 rings (SSSR count). The van der Waals surface area contributed by atoms with Crippen molar-refractivity contribution in [3.05, 3.63) is 107 Å². The number of rotatable bonds is 11. The number of benzene rings is 4. The molecule has 41 heavy (non-hydrogen) atoms. The van der Waals surface area contributed by atoms with Gasteiger partial charge in [0.2, 0.25) is 0 Å². The number of aromatic hydroxyl groups is 5. The zero-order chi connectivity index (χ0) is 29.7. The van der Waals surface area contributed by atoms with E-state index in [2.05, 4.69) is 6.92 Å². The Morgan fingerprint density at radius 1 is 0.756 bits per heavy atom. The SMILES string of the molecule is COc1ccc(CCC(=O)c2c(O)cc(O)c(C(c3ccc(O)cc3)C(C)C(C)Cc3ccc(O)cc3)c2O)cc1. The molecule has 7 heteroatoms. The van der Waals surface area contributed by atoms with Gasteiger partial charge in [-0.05, 0) is 77.8 Å². The lowest BCUT2D eigenvalue weighted by atomic mass is 9.73. The van der Waals surface area contributed by atoms with Crippen molar-refractivity contribution in [3.8, 4) is 34.5 Å². The molecule has 0 saturated carbocycles. The zero-order valence-electron chi connectivity index (χ0n) is 23.4. The number of phenolic OH excluding ortho intramolecular Hbond substituents is 5. The van der Waals surface area contributed by atoms with E-state index in [-0.39, 0.29) is 46.6 Å². The number of phenols is 5. The number of aryl methyl sites for hydroxylation is 1. The largest absolute Gasteiger partial charge is 0.508 e. The molecular formula is C34H36O7. The number of hydrogen-bond acceptors (Lipinski definition) is 7. The molecule has 0 amide bonds. The molecule has 0 aliphatic rings. The Morgan fingerprint density at radius 2 is 1.32 bits per heavy atom. The average molecular weight is 557 g/mol. The minimum absolute atomic E-state index is 0.0279. The molecule has 0 fully saturated rings. The molecule has 7 nitrogen and oxygen atoms in total. The monoisotopic (exact) mass is 556 g/mol. The van der Waals surface area contributed by atoms with Gasteiger partial charge < -0.3 is 30.3 Å². The summed E-state index contributed by atoms with van der Waals surface area (Å²) in [6.45, 7) is 4.06. The van der Waals surface area contributed by atoms with Gasteiger partial charge in [0, 0.05) is 24.0 Å². The van der Waals surface area contributed by atoms with Crippen LogP contribution in [0.5, 0.6) is 34.5 Å². The fourth-order valence-electron chi connectivity index (χ4n) is 5.35. The number of ether oxygens (including phenoxy) is 1. The maximum Gasteiger partial charge on any atom is 0.170 e. The third-order valence-electron chi connectivity index (χ3n) is 7.86. The topological polar surface area (TPSA) is 127 Å². The summed E-state index contributed by atoms with van der Waals surface area (Å²) in [6.07, 6.45) is 1.08. The highest BCUT2D eigenvalue weighted by Gasteiger charge is 2.33. The summed E-state index contributed by atoms with van der Waals surface area (Å²) in [5.74, 6) is -1.48. The normalized spacial score (nSPS) is 13.3. The second-order valence-corrected chi connectivity index (χ2v) is 10.6. The van der Waals surface area contributed by atoms with Gasteiger partial charge in [-0.15, -0.1) is 0 Å². The summed E-state index contributed by atoms with van der Waals surface area (Å²) in [7, 11) is 1.58. The summed E-state index contributed by atoms with van der Waals surface area (Å²) in [5, 5.41) is 52.8. The van der Waals surface area contributed by atoms with Gasteiger partial charge in [-0.2, -0.15) is 0 Å². The Morgan fingerprint density at radius 3 is 1.90 bits per heavy atom. The Hall–Kier alpha value is -4.65. The van der Waals surface area contributed by atoms with Crippen molar-refractivity contribution in [1.82, 2.24) is 0 Å². The molecule has 0 saturated heterocycles. The van der Waals surface area contributed by atoms with E-state index in [0.29, 0.717) is 18.6 Å². The molecule has 0 aliphatic carbocycles. The molecule has 3 unspecified atom stereocenters. The van der Waals surface area contributed by atoms with Crippen LogP contribution in [0.1, 0.15) is 58.8 Å². The van der Waals surface area contributed by atoms with Gasteiger partial charge in [-0.3, -0.25) is 4.79 Å². The standard InChI is InChI=1S/C34H36O7/c1-20(18-23-4-11-25(35)12-5-23)21(2)31(24-9-13-26(36)14-10-24)33-30(39)19-29(38)32(34(33)40)28(37)17-8-22-6-15-27(41-3)16-7-22/h4-7,9-16,19-21,31,35-36,38-40H,8,17-18H2,1-3H3. The molecular weight excluding hydrogens is 520 g/mol. The summed E-state index contributed by atoms with van der Waals surface area (Å²) in [4.78, 5) is 13.3. The van der Waals surface area contributed by atoms with Crippen LogP contribution in [0, 0.1) is 11.8 Å². The Kier molecular flexibility index (Phi) is 9.07. The van der Waals surface area contributed by atoms with Gasteiger partial charge in [0.1, 0.15) is 40.1 Å². The molecule has 214 valence electrons. The molecule has 0 aromatic heterocycles. The van der Waals surface area contributed by atoms with E-state index in [1.54, 1.807) is 43.5 Å². The van der Waals surface area contributed by atoms with E-state index in [9.17, 15) is 30.3 Å². The predicted molar refractivity (Wildman–Crippen MR) is 157 cm³/mol. The van der Waals surface area contributed by atoms with Gasteiger partial charge in [0.15, 0.2) is 5.78 Å². The van der Waals surface area contributed by atoms with Gasteiger partial charge in [-0.25, -0.2) is 0 Å². The molecule has 4 aromatic rings. The van der Waals surface area contributed by atoms with Crippen molar-refractivity contribution < 1.29 is 35.1 Å². The third kappa shape index (κ3) is 6.74. The first-order valence-electron chi connectivity index (χ1n) is 13.6. The molecule has 0 aliphatic heterocycles. The highest BCUT2D eigenvalue weighted by Crippen LogP contribution is 2.49. The lowest BCUT2D eigenvalue weighted by Crippen LogP contribution is -2.21. The van der Waals surface area contributed by atoms with Crippen LogP contribution < -0.4 is 4.74 Å². The summed E-state index contributed by atoms with van der Waals surface area (Å²) in [6, 6.07) is 21.9. The quantitative estimate of drug-likeness (QED) is 0.130. The van der Waals surface area contributed by atoms with Crippen LogP contribution >= 0.6 is 0 Å². The minimum Gasteiger partial charge on any atom is -0.508 e. The first-order chi connectivity index (χ1) is 19.6. The van der Waals surface area contributed by atoms with Gasteiger partial charge >= 0.3 is 0 Å². The van der Waals surface area contributed by atoms with Gasteiger partial charge in [-0.1, -0.05) is 50.2 Å². The van der Waals surface area contributed by atoms with Crippen molar-refractivity contribution in [2.45, 2.75) is 39.0 Å². The lowest BCUT2D eigenvalue weighted by Gasteiger charge is -2.31. The summed E-state index contributed by atoms with van der Waals surface area (Å²) in [5.41, 5.74) is 2.55. The van der Waals surface area contributed by atoms with Crippen molar-refractivity contribution in [2.75, 3.05) is 7.11 Å². The maximum atomic E-state index is 13.3. The van der Waals surface area contributed by atoms with Crippen LogP contribution in [0.25, 0.3) is 0 Å². The molecule has 0 heterocycles. The fraction of sp³-hybridized carbons (Fsp3) is 0.265. The summed E-state index contributed by atoms with van der Waals surface area (Å²) >= 11 is 0. The van der Waals surface area contributed by atoms with E-state index in [1.807, 2.05) is 31.2 Å². The summed E-state index contributed by atoms with van der Waals surface area (Å²) < 4.78 is 5.18. The Labute approximate surface area is 239 Å². The van der Waals surface area contributed by atoms with Crippen LogP contribution in [-0.2, 0) is 12.8 Å². The van der Waals surface area contributed by atoms with Crippen molar-refractivity contribution in [2.24, 2.45) is 11.8 Å². The Bertz CT molecular complexity index is 1480. The predicted octanol–water partition coefficient (Wildman–Crippen LogP) is 6.69. The van der Waals surface area contributed by atoms with E-state index in [1.165, 1.54) is 12.1 Å². The average Bonchev–Trinajstić information content (AvgIpc) is 2.95. The Balaban J connectivity index is 1.70. The van der Waals surface area contributed by atoms with E-state index < -0.39 is 23.2 Å². The van der Waals surface area contributed by atoms with Crippen LogP contribution in [0.15, 0.2) is 78.9 Å². The van der Waals surface area contributed by atoms with Crippen LogP contribution in [0.2, 0.25) is 0 Å². The molecule has 0 bridgehead atoms. The highest BCUT2D eigenvalue weighted by molar-refractivity contribution is 6.02. The first-order valence-corrected chi connectivity index (χ1v) is 13.6. The highest BCUT2D eigenvalue weighted by atomic mass is 16.5. The second kappa shape index (κ2) is 12.7. The minimum atomic E-state index is -0.573. The van der Waals surface area contributed by atoms with Crippen molar-refractivity contribution >= 4 is 5.78 Å². The molecule has 5 N–H and O–H groups in total. The number of carbonyl (C=O) groups is 1. The molecule has 0 spiro atoms. The van der Waals surface area contributed by atoms with E-state index >= 15 is 0 Å². The lowest BCUT2D eigenvalue weighted by molar-refractivity contribution is 0.0977. The smallest absolute Gasteiger partial charge is 0.170 e. The molecule has 4 aromatic carbocycles. The van der Waals surface area contributed by atoms with Gasteiger partial charge in [0.25, 0.3) is 0 Å².